The molecule has 90 valence electrons. The van der Waals surface area contributed by atoms with Crippen molar-refractivity contribution in [3.8, 4) is 0 Å². The normalized spacial score (nSPS) is 12.8. The summed E-state index contributed by atoms with van der Waals surface area (Å²) in [6, 6.07) is 3.61. The van der Waals surface area contributed by atoms with E-state index in [0.29, 0.717) is 12.3 Å². The average molecular weight is 224 g/mol. The molecule has 1 amide bonds. The van der Waals surface area contributed by atoms with E-state index >= 15 is 0 Å². The zero-order chi connectivity index (χ0) is 12.1. The molecule has 1 atom stereocenters. The summed E-state index contributed by atoms with van der Waals surface area (Å²) in [4.78, 5) is 16.0. The lowest BCUT2D eigenvalue weighted by Crippen LogP contribution is -2.43. The predicted octanol–water partition coefficient (Wildman–Crippen LogP) is 1.69. The molecule has 0 aromatic carbocycles. The molecule has 0 aliphatic rings. The number of hydrogen-bond donors (Lipinski definition) is 0. The highest BCUT2D eigenvalue weighted by Crippen LogP contribution is 2.09. The van der Waals surface area contributed by atoms with Crippen molar-refractivity contribution in [3.63, 3.8) is 0 Å². The van der Waals surface area contributed by atoms with Crippen molar-refractivity contribution in [1.29, 1.82) is 0 Å². The Morgan fingerprint density at radius 1 is 1.50 bits per heavy atom. The summed E-state index contributed by atoms with van der Waals surface area (Å²) in [5.41, 5.74) is 0. The largest absolute Gasteiger partial charge is 0.459 e. The van der Waals surface area contributed by atoms with Crippen LogP contribution in [-0.2, 0) is 0 Å². The first-order valence-electron chi connectivity index (χ1n) is 5.55. The van der Waals surface area contributed by atoms with Gasteiger partial charge >= 0.3 is 0 Å². The van der Waals surface area contributed by atoms with Crippen LogP contribution in [0.1, 0.15) is 24.4 Å². The van der Waals surface area contributed by atoms with Gasteiger partial charge in [-0.1, -0.05) is 0 Å². The quantitative estimate of drug-likeness (QED) is 0.763. The standard InChI is InChI=1S/C12H20N2O2/c1-5-14(10(2)9-13(3)4)12(15)11-7-6-8-16-11/h6-8,10H,5,9H2,1-4H3. The van der Waals surface area contributed by atoms with Gasteiger partial charge in [0.15, 0.2) is 5.76 Å². The van der Waals surface area contributed by atoms with Crippen molar-refractivity contribution in [3.05, 3.63) is 24.2 Å². The lowest BCUT2D eigenvalue weighted by molar-refractivity contribution is 0.0646. The van der Waals surface area contributed by atoms with E-state index in [9.17, 15) is 4.79 Å². The Morgan fingerprint density at radius 2 is 2.19 bits per heavy atom. The molecule has 0 N–H and O–H groups in total. The minimum atomic E-state index is -0.0400. The minimum Gasteiger partial charge on any atom is -0.459 e. The summed E-state index contributed by atoms with van der Waals surface area (Å²) in [5, 5.41) is 0. The Bertz CT molecular complexity index is 320. The van der Waals surface area contributed by atoms with Gasteiger partial charge in [0.25, 0.3) is 5.91 Å². The second kappa shape index (κ2) is 5.70. The van der Waals surface area contributed by atoms with Gasteiger partial charge in [-0.25, -0.2) is 0 Å². The van der Waals surface area contributed by atoms with E-state index in [-0.39, 0.29) is 11.9 Å². The highest BCUT2D eigenvalue weighted by molar-refractivity contribution is 5.91. The van der Waals surface area contributed by atoms with E-state index in [1.807, 2.05) is 32.8 Å². The van der Waals surface area contributed by atoms with Crippen LogP contribution >= 0.6 is 0 Å². The molecule has 1 aromatic heterocycles. The molecule has 0 bridgehead atoms. The number of furan rings is 1. The summed E-state index contributed by atoms with van der Waals surface area (Å²) in [6.45, 7) is 5.56. The van der Waals surface area contributed by atoms with Crippen molar-refractivity contribution in [2.24, 2.45) is 0 Å². The van der Waals surface area contributed by atoms with Gasteiger partial charge in [-0.3, -0.25) is 4.79 Å². The van der Waals surface area contributed by atoms with Gasteiger partial charge in [-0.05, 0) is 40.1 Å². The van der Waals surface area contributed by atoms with E-state index in [0.717, 1.165) is 6.54 Å². The van der Waals surface area contributed by atoms with E-state index in [1.165, 1.54) is 6.26 Å². The zero-order valence-corrected chi connectivity index (χ0v) is 10.4. The summed E-state index contributed by atoms with van der Waals surface area (Å²) in [5.74, 6) is 0.370. The van der Waals surface area contributed by atoms with Gasteiger partial charge in [0, 0.05) is 19.1 Å². The van der Waals surface area contributed by atoms with Crippen LogP contribution in [0.4, 0.5) is 0 Å². The average Bonchev–Trinajstić information content (AvgIpc) is 2.69. The van der Waals surface area contributed by atoms with E-state index < -0.39 is 0 Å². The van der Waals surface area contributed by atoms with Gasteiger partial charge in [-0.15, -0.1) is 0 Å². The molecule has 0 radical (unpaired) electrons. The van der Waals surface area contributed by atoms with Crippen LogP contribution in [0.5, 0.6) is 0 Å². The fourth-order valence-electron chi connectivity index (χ4n) is 1.82. The first-order valence-corrected chi connectivity index (χ1v) is 5.55. The summed E-state index contributed by atoms with van der Waals surface area (Å²) in [6.07, 6.45) is 1.53. The summed E-state index contributed by atoms with van der Waals surface area (Å²) < 4.78 is 5.13. The molecule has 0 fully saturated rings. The van der Waals surface area contributed by atoms with Crippen LogP contribution in [0, 0.1) is 0 Å². The summed E-state index contributed by atoms with van der Waals surface area (Å²) >= 11 is 0. The smallest absolute Gasteiger partial charge is 0.289 e. The molecular formula is C12H20N2O2. The molecule has 1 rings (SSSR count). The Balaban J connectivity index is 2.70. The lowest BCUT2D eigenvalue weighted by atomic mass is 10.2. The van der Waals surface area contributed by atoms with Crippen LogP contribution in [0.25, 0.3) is 0 Å². The number of hydrogen-bond acceptors (Lipinski definition) is 3. The molecular weight excluding hydrogens is 204 g/mol. The number of rotatable bonds is 5. The molecule has 0 saturated heterocycles. The van der Waals surface area contributed by atoms with Crippen LogP contribution < -0.4 is 0 Å². The maximum atomic E-state index is 12.1. The third-order valence-corrected chi connectivity index (χ3v) is 2.49. The van der Waals surface area contributed by atoms with Gasteiger partial charge in [0.2, 0.25) is 0 Å². The minimum absolute atomic E-state index is 0.0400. The molecule has 1 aromatic rings. The van der Waals surface area contributed by atoms with Crippen molar-refractivity contribution in [2.75, 3.05) is 27.2 Å². The number of nitrogens with zero attached hydrogens (tertiary/aromatic N) is 2. The first kappa shape index (κ1) is 12.8. The number of likely N-dealkylation sites (N-methyl/N-ethyl adjacent to an activating group) is 2. The van der Waals surface area contributed by atoms with Gasteiger partial charge in [-0.2, -0.15) is 0 Å². The van der Waals surface area contributed by atoms with Crippen molar-refractivity contribution in [1.82, 2.24) is 9.80 Å². The van der Waals surface area contributed by atoms with E-state index in [1.54, 1.807) is 12.1 Å². The third-order valence-electron chi connectivity index (χ3n) is 2.49. The molecule has 16 heavy (non-hydrogen) atoms. The lowest BCUT2D eigenvalue weighted by Gasteiger charge is -2.29. The molecule has 0 saturated carbocycles. The van der Waals surface area contributed by atoms with Crippen LogP contribution in [-0.4, -0.2) is 48.9 Å². The fraction of sp³-hybridized carbons (Fsp3) is 0.583. The third kappa shape index (κ3) is 3.10. The van der Waals surface area contributed by atoms with Gasteiger partial charge < -0.3 is 14.2 Å². The van der Waals surface area contributed by atoms with Crippen LogP contribution in [0.3, 0.4) is 0 Å². The Morgan fingerprint density at radius 3 is 2.62 bits per heavy atom. The maximum Gasteiger partial charge on any atom is 0.289 e. The Labute approximate surface area is 96.8 Å². The second-order valence-corrected chi connectivity index (χ2v) is 4.18. The highest BCUT2D eigenvalue weighted by Gasteiger charge is 2.21. The SMILES string of the molecule is CCN(C(=O)c1ccco1)C(C)CN(C)C. The predicted molar refractivity (Wildman–Crippen MR) is 63.4 cm³/mol. The van der Waals surface area contributed by atoms with Crippen LogP contribution in [0.2, 0.25) is 0 Å². The Hall–Kier alpha value is -1.29. The van der Waals surface area contributed by atoms with Crippen molar-refractivity contribution in [2.45, 2.75) is 19.9 Å². The molecule has 4 nitrogen and oxygen atoms in total. The van der Waals surface area contributed by atoms with E-state index in [4.69, 9.17) is 4.42 Å². The molecule has 1 heterocycles. The van der Waals surface area contributed by atoms with Crippen LogP contribution in [0.15, 0.2) is 22.8 Å². The zero-order valence-electron chi connectivity index (χ0n) is 10.4. The molecule has 4 heteroatoms. The monoisotopic (exact) mass is 224 g/mol. The number of carbonyl (C=O) groups excluding carboxylic acids is 1. The first-order chi connectivity index (χ1) is 7.56. The second-order valence-electron chi connectivity index (χ2n) is 4.18. The van der Waals surface area contributed by atoms with Gasteiger partial charge in [0.05, 0.1) is 6.26 Å². The maximum absolute atomic E-state index is 12.1. The number of carbonyl (C=O) groups is 1. The molecule has 0 aliphatic heterocycles. The molecule has 1 unspecified atom stereocenters. The Kier molecular flexibility index (Phi) is 4.55. The summed E-state index contributed by atoms with van der Waals surface area (Å²) in [7, 11) is 4.00. The molecule has 0 spiro atoms. The van der Waals surface area contributed by atoms with E-state index in [2.05, 4.69) is 4.90 Å². The van der Waals surface area contributed by atoms with Gasteiger partial charge in [0.1, 0.15) is 0 Å². The van der Waals surface area contributed by atoms with Crippen molar-refractivity contribution >= 4 is 5.91 Å². The molecule has 0 aliphatic carbocycles. The number of amides is 1. The highest BCUT2D eigenvalue weighted by atomic mass is 16.3. The fourth-order valence-corrected chi connectivity index (χ4v) is 1.82. The van der Waals surface area contributed by atoms with Crippen molar-refractivity contribution < 1.29 is 9.21 Å². The topological polar surface area (TPSA) is 36.7 Å².